The summed E-state index contributed by atoms with van der Waals surface area (Å²) in [6, 6.07) is 9.30. The van der Waals surface area contributed by atoms with Gasteiger partial charge in [0.1, 0.15) is 5.75 Å². The number of hydrogen-bond donors (Lipinski definition) is 1. The van der Waals surface area contributed by atoms with E-state index in [1.54, 1.807) is 43.6 Å². The molecule has 26 heavy (non-hydrogen) atoms. The number of sulfonamides is 1. The Bertz CT molecular complexity index is 811. The van der Waals surface area contributed by atoms with Gasteiger partial charge in [-0.05, 0) is 74.0 Å². The van der Waals surface area contributed by atoms with E-state index >= 15 is 0 Å². The minimum atomic E-state index is -3.49. The van der Waals surface area contributed by atoms with Crippen molar-refractivity contribution in [1.29, 1.82) is 0 Å². The van der Waals surface area contributed by atoms with Crippen molar-refractivity contribution in [2.75, 3.05) is 26.7 Å². The maximum atomic E-state index is 12.6. The normalized spacial score (nSPS) is 16.7. The van der Waals surface area contributed by atoms with Crippen molar-refractivity contribution < 1.29 is 13.2 Å². The molecule has 7 heteroatoms. The lowest BCUT2D eigenvalue weighted by atomic mass is 9.97. The number of ether oxygens (including phenoxy) is 1. The van der Waals surface area contributed by atoms with Gasteiger partial charge in [-0.3, -0.25) is 4.90 Å². The van der Waals surface area contributed by atoms with Gasteiger partial charge in [-0.1, -0.05) is 6.07 Å². The summed E-state index contributed by atoms with van der Waals surface area (Å²) in [6.07, 6.45) is 2.05. The molecular weight excluding hydrogens is 368 g/mol. The fraction of sp³-hybridized carbons (Fsp3) is 0.474. The second-order valence-corrected chi connectivity index (χ2v) is 9.55. The van der Waals surface area contributed by atoms with Crippen LogP contribution in [0.25, 0.3) is 0 Å². The summed E-state index contributed by atoms with van der Waals surface area (Å²) in [7, 11) is -1.91. The van der Waals surface area contributed by atoms with Gasteiger partial charge in [-0.25, -0.2) is 13.1 Å². The number of thiophene rings is 1. The third-order valence-corrected chi connectivity index (χ3v) is 7.35. The first-order valence-corrected chi connectivity index (χ1v) is 11.2. The molecule has 0 bridgehead atoms. The van der Waals surface area contributed by atoms with Crippen LogP contribution in [0.4, 0.5) is 0 Å². The van der Waals surface area contributed by atoms with Gasteiger partial charge in [0.2, 0.25) is 10.0 Å². The summed E-state index contributed by atoms with van der Waals surface area (Å²) >= 11 is 1.79. The first-order chi connectivity index (χ1) is 12.5. The Morgan fingerprint density at radius 1 is 1.27 bits per heavy atom. The molecule has 2 heterocycles. The Balaban J connectivity index is 1.51. The Morgan fingerprint density at radius 3 is 2.65 bits per heavy atom. The predicted molar refractivity (Wildman–Crippen MR) is 105 cm³/mol. The van der Waals surface area contributed by atoms with Crippen LogP contribution >= 0.6 is 11.3 Å². The average Bonchev–Trinajstić information content (AvgIpc) is 3.14. The molecule has 0 amide bonds. The van der Waals surface area contributed by atoms with Gasteiger partial charge in [0.05, 0.1) is 12.0 Å². The number of nitrogens with zero attached hydrogens (tertiary/aromatic N) is 1. The van der Waals surface area contributed by atoms with Crippen LogP contribution in [0.1, 0.15) is 23.3 Å². The van der Waals surface area contributed by atoms with Crippen LogP contribution in [0, 0.1) is 12.8 Å². The topological polar surface area (TPSA) is 58.6 Å². The summed E-state index contributed by atoms with van der Waals surface area (Å²) in [6.45, 7) is 5.33. The van der Waals surface area contributed by atoms with Crippen LogP contribution < -0.4 is 9.46 Å². The molecule has 0 aliphatic carbocycles. The van der Waals surface area contributed by atoms with Crippen LogP contribution in [0.2, 0.25) is 0 Å². The highest BCUT2D eigenvalue weighted by molar-refractivity contribution is 7.89. The van der Waals surface area contributed by atoms with E-state index in [4.69, 9.17) is 4.74 Å². The lowest BCUT2D eigenvalue weighted by Gasteiger charge is -2.31. The Kier molecular flexibility index (Phi) is 6.34. The molecule has 1 aliphatic rings. The van der Waals surface area contributed by atoms with Gasteiger partial charge in [0, 0.05) is 18.0 Å². The van der Waals surface area contributed by atoms with E-state index in [0.717, 1.165) is 32.5 Å². The molecule has 5 nitrogen and oxygen atoms in total. The Hall–Kier alpha value is -1.41. The summed E-state index contributed by atoms with van der Waals surface area (Å²) in [5, 5.41) is 2.11. The van der Waals surface area contributed by atoms with Crippen molar-refractivity contribution in [2.45, 2.75) is 31.2 Å². The van der Waals surface area contributed by atoms with E-state index in [1.165, 1.54) is 4.88 Å². The van der Waals surface area contributed by atoms with E-state index in [1.807, 2.05) is 0 Å². The molecule has 1 aromatic heterocycles. The molecular formula is C19H26N2O3S2. The Morgan fingerprint density at radius 2 is 2.04 bits per heavy atom. The highest BCUT2D eigenvalue weighted by Crippen LogP contribution is 2.23. The second-order valence-electron chi connectivity index (χ2n) is 6.78. The monoisotopic (exact) mass is 394 g/mol. The summed E-state index contributed by atoms with van der Waals surface area (Å²) in [5.41, 5.74) is 0.697. The molecule has 2 aromatic rings. The number of benzene rings is 1. The predicted octanol–water partition coefficient (Wildman–Crippen LogP) is 3.26. The first kappa shape index (κ1) is 19.4. The molecule has 1 aliphatic heterocycles. The van der Waals surface area contributed by atoms with Crippen LogP contribution in [-0.4, -0.2) is 40.1 Å². The van der Waals surface area contributed by atoms with Crippen molar-refractivity contribution >= 4 is 21.4 Å². The van der Waals surface area contributed by atoms with Gasteiger partial charge >= 0.3 is 0 Å². The number of hydrogen-bond acceptors (Lipinski definition) is 5. The largest absolute Gasteiger partial charge is 0.497 e. The number of aryl methyl sites for hydroxylation is 1. The molecule has 1 fully saturated rings. The third-order valence-electron chi connectivity index (χ3n) is 4.90. The molecule has 1 N–H and O–H groups in total. The molecule has 1 aromatic carbocycles. The molecule has 3 rings (SSSR count). The Labute approximate surface area is 160 Å². The number of piperidine rings is 1. The van der Waals surface area contributed by atoms with Gasteiger partial charge in [0.25, 0.3) is 0 Å². The lowest BCUT2D eigenvalue weighted by molar-refractivity contribution is 0.180. The zero-order valence-corrected chi connectivity index (χ0v) is 16.9. The fourth-order valence-electron chi connectivity index (χ4n) is 3.33. The average molecular weight is 395 g/mol. The van der Waals surface area contributed by atoms with Crippen LogP contribution in [0.15, 0.2) is 40.6 Å². The van der Waals surface area contributed by atoms with Crippen molar-refractivity contribution in [3.63, 3.8) is 0 Å². The van der Waals surface area contributed by atoms with Crippen LogP contribution in [-0.2, 0) is 16.6 Å². The van der Waals surface area contributed by atoms with Gasteiger partial charge in [0.15, 0.2) is 0 Å². The maximum Gasteiger partial charge on any atom is 0.240 e. The number of likely N-dealkylation sites (tertiary alicyclic amines) is 1. The van der Waals surface area contributed by atoms with E-state index in [9.17, 15) is 8.42 Å². The first-order valence-electron chi connectivity index (χ1n) is 8.87. The lowest BCUT2D eigenvalue weighted by Crippen LogP contribution is -2.38. The molecule has 0 unspecified atom stereocenters. The van der Waals surface area contributed by atoms with Crippen molar-refractivity contribution in [3.05, 3.63) is 46.2 Å². The van der Waals surface area contributed by atoms with Gasteiger partial charge < -0.3 is 4.74 Å². The smallest absolute Gasteiger partial charge is 0.240 e. The van der Waals surface area contributed by atoms with Crippen LogP contribution in [0.3, 0.4) is 0 Å². The highest BCUT2D eigenvalue weighted by atomic mass is 32.2. The zero-order chi connectivity index (χ0) is 18.6. The molecule has 0 spiro atoms. The number of rotatable bonds is 7. The zero-order valence-electron chi connectivity index (χ0n) is 15.3. The molecule has 142 valence electrons. The van der Waals surface area contributed by atoms with Gasteiger partial charge in [-0.2, -0.15) is 0 Å². The second kappa shape index (κ2) is 8.52. The third kappa shape index (κ3) is 4.85. The van der Waals surface area contributed by atoms with Crippen molar-refractivity contribution in [2.24, 2.45) is 5.92 Å². The summed E-state index contributed by atoms with van der Waals surface area (Å²) in [4.78, 5) is 4.16. The van der Waals surface area contributed by atoms with Crippen molar-refractivity contribution in [1.82, 2.24) is 9.62 Å². The quantitative estimate of drug-likeness (QED) is 0.783. The molecule has 0 atom stereocenters. The molecule has 0 radical (unpaired) electrons. The van der Waals surface area contributed by atoms with E-state index in [0.29, 0.717) is 28.7 Å². The van der Waals surface area contributed by atoms with Crippen molar-refractivity contribution in [3.8, 4) is 5.75 Å². The highest BCUT2D eigenvalue weighted by Gasteiger charge is 2.23. The number of methoxy groups -OCH3 is 1. The minimum Gasteiger partial charge on any atom is -0.497 e. The minimum absolute atomic E-state index is 0.327. The maximum absolute atomic E-state index is 12.6. The SMILES string of the molecule is COc1ccc(S(=O)(=O)NCC2CCN(Cc3cccs3)CC2)c(C)c1. The van der Waals surface area contributed by atoms with E-state index in [-0.39, 0.29) is 0 Å². The number of nitrogens with one attached hydrogen (secondary N) is 1. The van der Waals surface area contributed by atoms with Crippen LogP contribution in [0.5, 0.6) is 5.75 Å². The molecule has 1 saturated heterocycles. The standard InChI is InChI=1S/C19H26N2O3S2/c1-15-12-17(24-2)5-6-19(15)26(22,23)20-13-16-7-9-21(10-8-16)14-18-4-3-11-25-18/h3-6,11-12,16,20H,7-10,13-14H2,1-2H3. The summed E-state index contributed by atoms with van der Waals surface area (Å²) < 4.78 is 33.2. The van der Waals surface area contributed by atoms with E-state index < -0.39 is 10.0 Å². The van der Waals surface area contributed by atoms with Gasteiger partial charge in [-0.15, -0.1) is 11.3 Å². The fourth-order valence-corrected chi connectivity index (χ4v) is 5.41. The molecule has 0 saturated carbocycles. The van der Waals surface area contributed by atoms with E-state index in [2.05, 4.69) is 27.1 Å². The summed E-state index contributed by atoms with van der Waals surface area (Å²) in [5.74, 6) is 1.06.